The van der Waals surface area contributed by atoms with E-state index in [-0.39, 0.29) is 30.0 Å². The van der Waals surface area contributed by atoms with Gasteiger partial charge >= 0.3 is 5.97 Å². The van der Waals surface area contributed by atoms with Crippen molar-refractivity contribution >= 4 is 16.7 Å². The van der Waals surface area contributed by atoms with Crippen LogP contribution in [-0.4, -0.2) is 35.2 Å². The van der Waals surface area contributed by atoms with Crippen LogP contribution in [0.2, 0.25) is 0 Å². The summed E-state index contributed by atoms with van der Waals surface area (Å²) in [5.74, 6) is 0.397. The maximum atomic E-state index is 14.1. The van der Waals surface area contributed by atoms with Crippen LogP contribution in [0.1, 0.15) is 82.4 Å². The molecule has 1 heterocycles. The number of benzene rings is 2. The smallest absolute Gasteiger partial charge is 0.303 e. The standard InChI is InChI=1S/C27H35F2NO3/c1-17-5-9-22(10-6-17)33-24-12-8-21-15-20(7-11-23(21)26(24)27(28)29)18(2)30-13-3-4-19(16-30)14-25(31)32/h7-8,11-12,15,17-19,22,27H,3-6,9-10,13-14,16H2,1-2H3,(H,31,32)/t17-,18?,19-,22+/m1/s1. The Morgan fingerprint density at radius 1 is 1.15 bits per heavy atom. The van der Waals surface area contributed by atoms with Crippen LogP contribution >= 0.6 is 0 Å². The summed E-state index contributed by atoms with van der Waals surface area (Å²) in [4.78, 5) is 13.4. The number of carbonyl (C=O) groups is 1. The Morgan fingerprint density at radius 3 is 2.61 bits per heavy atom. The van der Waals surface area contributed by atoms with Crippen molar-refractivity contribution in [1.29, 1.82) is 0 Å². The van der Waals surface area contributed by atoms with E-state index in [1.165, 1.54) is 0 Å². The molecule has 1 saturated carbocycles. The minimum Gasteiger partial charge on any atom is -0.490 e. The lowest BCUT2D eigenvalue weighted by atomic mass is 9.89. The third kappa shape index (κ3) is 5.65. The van der Waals surface area contributed by atoms with Gasteiger partial charge in [-0.25, -0.2) is 8.78 Å². The molecule has 1 N–H and O–H groups in total. The van der Waals surface area contributed by atoms with Crippen LogP contribution < -0.4 is 4.74 Å². The Hall–Kier alpha value is -2.21. The van der Waals surface area contributed by atoms with Crippen molar-refractivity contribution in [2.45, 2.75) is 77.4 Å². The maximum Gasteiger partial charge on any atom is 0.303 e. The first-order chi connectivity index (χ1) is 15.8. The van der Waals surface area contributed by atoms with E-state index >= 15 is 0 Å². The van der Waals surface area contributed by atoms with Crippen LogP contribution in [0.15, 0.2) is 30.3 Å². The van der Waals surface area contributed by atoms with Gasteiger partial charge in [0.05, 0.1) is 11.7 Å². The number of aliphatic carboxylic acids is 1. The molecule has 180 valence electrons. The van der Waals surface area contributed by atoms with Gasteiger partial charge in [0, 0.05) is 19.0 Å². The van der Waals surface area contributed by atoms with Gasteiger partial charge in [-0.15, -0.1) is 0 Å². The number of nitrogens with zero attached hydrogens (tertiary/aromatic N) is 1. The Balaban J connectivity index is 1.55. The molecule has 0 radical (unpaired) electrons. The van der Waals surface area contributed by atoms with Crippen LogP contribution in [0.5, 0.6) is 5.75 Å². The van der Waals surface area contributed by atoms with Crippen molar-refractivity contribution in [3.63, 3.8) is 0 Å². The van der Waals surface area contributed by atoms with Crippen molar-refractivity contribution in [2.75, 3.05) is 13.1 Å². The Morgan fingerprint density at radius 2 is 1.91 bits per heavy atom. The highest BCUT2D eigenvalue weighted by molar-refractivity contribution is 5.88. The fourth-order valence-corrected chi connectivity index (χ4v) is 5.54. The van der Waals surface area contributed by atoms with Crippen LogP contribution in [0.3, 0.4) is 0 Å². The van der Waals surface area contributed by atoms with Gasteiger partial charge in [-0.1, -0.05) is 25.1 Å². The van der Waals surface area contributed by atoms with E-state index < -0.39 is 12.4 Å². The van der Waals surface area contributed by atoms with E-state index in [4.69, 9.17) is 9.84 Å². The van der Waals surface area contributed by atoms with Crippen LogP contribution in [0.25, 0.3) is 10.8 Å². The lowest BCUT2D eigenvalue weighted by Crippen LogP contribution is -2.37. The van der Waals surface area contributed by atoms with Crippen LogP contribution in [0, 0.1) is 11.8 Å². The average molecular weight is 460 g/mol. The number of ether oxygens (including phenoxy) is 1. The summed E-state index contributed by atoms with van der Waals surface area (Å²) in [5, 5.41) is 10.5. The fraction of sp³-hybridized carbons (Fsp3) is 0.593. The summed E-state index contributed by atoms with van der Waals surface area (Å²) in [6.45, 7) is 6.01. The Kier molecular flexibility index (Phi) is 7.52. The highest BCUT2D eigenvalue weighted by Gasteiger charge is 2.27. The number of hydrogen-bond donors (Lipinski definition) is 1. The highest BCUT2D eigenvalue weighted by Crippen LogP contribution is 2.39. The van der Waals surface area contributed by atoms with Gasteiger partial charge in [-0.2, -0.15) is 0 Å². The zero-order valence-corrected chi connectivity index (χ0v) is 19.6. The number of carboxylic acids is 1. The number of rotatable bonds is 7. The summed E-state index contributed by atoms with van der Waals surface area (Å²) in [5.41, 5.74) is 1.05. The molecular formula is C27H35F2NO3. The van der Waals surface area contributed by atoms with E-state index in [0.717, 1.165) is 62.6 Å². The van der Waals surface area contributed by atoms with Gasteiger partial charge in [0.2, 0.25) is 0 Å². The molecule has 0 aromatic heterocycles. The monoisotopic (exact) mass is 459 g/mol. The van der Waals surface area contributed by atoms with Gasteiger partial charge in [-0.05, 0) is 92.3 Å². The molecule has 0 spiro atoms. The Labute approximate surface area is 194 Å². The second kappa shape index (κ2) is 10.4. The van der Waals surface area contributed by atoms with Crippen molar-refractivity contribution in [3.8, 4) is 5.75 Å². The lowest BCUT2D eigenvalue weighted by Gasteiger charge is -2.36. The van der Waals surface area contributed by atoms with Gasteiger partial charge in [0.15, 0.2) is 0 Å². The summed E-state index contributed by atoms with van der Waals surface area (Å²) >= 11 is 0. The topological polar surface area (TPSA) is 49.8 Å². The molecule has 0 bridgehead atoms. The summed E-state index contributed by atoms with van der Waals surface area (Å²) in [6, 6.07) is 9.43. The predicted octanol–water partition coefficient (Wildman–Crippen LogP) is 6.98. The molecule has 1 aliphatic heterocycles. The number of fused-ring (bicyclic) bond motifs is 1. The molecule has 0 amide bonds. The second-order valence-electron chi connectivity index (χ2n) is 10.0. The zero-order valence-electron chi connectivity index (χ0n) is 19.6. The molecule has 1 unspecified atom stereocenters. The number of carboxylic acid groups (broad SMARTS) is 1. The predicted molar refractivity (Wildman–Crippen MR) is 126 cm³/mol. The molecule has 4 nitrogen and oxygen atoms in total. The molecular weight excluding hydrogens is 424 g/mol. The first-order valence-corrected chi connectivity index (χ1v) is 12.3. The van der Waals surface area contributed by atoms with Gasteiger partial charge in [-0.3, -0.25) is 9.69 Å². The number of piperidine rings is 1. The largest absolute Gasteiger partial charge is 0.490 e. The molecule has 2 aliphatic rings. The zero-order chi connectivity index (χ0) is 23.5. The SMILES string of the molecule is CC(c1ccc2c(C(F)F)c(O[C@H]3CC[C@@H](C)CC3)ccc2c1)N1CCC[C@H](CC(=O)O)C1. The van der Waals surface area contributed by atoms with Crippen molar-refractivity contribution in [2.24, 2.45) is 11.8 Å². The number of halogens is 2. The van der Waals surface area contributed by atoms with Crippen molar-refractivity contribution in [1.82, 2.24) is 4.90 Å². The van der Waals surface area contributed by atoms with Crippen molar-refractivity contribution in [3.05, 3.63) is 41.5 Å². The Bertz CT molecular complexity index is 971. The van der Waals surface area contributed by atoms with Gasteiger partial charge in [0.25, 0.3) is 6.43 Å². The highest BCUT2D eigenvalue weighted by atomic mass is 19.3. The van der Waals surface area contributed by atoms with E-state index in [1.54, 1.807) is 12.1 Å². The third-order valence-electron chi connectivity index (χ3n) is 7.56. The molecule has 2 fully saturated rings. The summed E-state index contributed by atoms with van der Waals surface area (Å²) in [7, 11) is 0. The fourth-order valence-electron chi connectivity index (χ4n) is 5.54. The number of likely N-dealkylation sites (tertiary alicyclic amines) is 1. The molecule has 33 heavy (non-hydrogen) atoms. The lowest BCUT2D eigenvalue weighted by molar-refractivity contribution is -0.138. The minimum atomic E-state index is -2.60. The molecule has 1 saturated heterocycles. The number of hydrogen-bond acceptors (Lipinski definition) is 3. The first-order valence-electron chi connectivity index (χ1n) is 12.3. The van der Waals surface area contributed by atoms with Crippen LogP contribution in [0.4, 0.5) is 8.78 Å². The summed E-state index contributed by atoms with van der Waals surface area (Å²) in [6.07, 6.45) is 3.50. The van der Waals surface area contributed by atoms with Gasteiger partial charge < -0.3 is 9.84 Å². The molecule has 1 aliphatic carbocycles. The normalized spacial score (nSPS) is 25.3. The molecule has 2 aromatic carbocycles. The van der Waals surface area contributed by atoms with Crippen LogP contribution in [-0.2, 0) is 4.79 Å². The molecule has 2 atom stereocenters. The molecule has 6 heteroatoms. The average Bonchev–Trinajstić information content (AvgIpc) is 2.79. The molecule has 2 aromatic rings. The number of alkyl halides is 2. The second-order valence-corrected chi connectivity index (χ2v) is 10.0. The van der Waals surface area contributed by atoms with E-state index in [0.29, 0.717) is 17.1 Å². The minimum absolute atomic E-state index is 0.00768. The van der Waals surface area contributed by atoms with Crippen molar-refractivity contribution < 1.29 is 23.4 Å². The van der Waals surface area contributed by atoms with E-state index in [9.17, 15) is 13.6 Å². The van der Waals surface area contributed by atoms with Gasteiger partial charge in [0.1, 0.15) is 5.75 Å². The third-order valence-corrected chi connectivity index (χ3v) is 7.56. The quantitative estimate of drug-likeness (QED) is 0.485. The maximum absolute atomic E-state index is 14.1. The van der Waals surface area contributed by atoms with E-state index in [1.807, 2.05) is 18.2 Å². The first kappa shape index (κ1) is 23.9. The van der Waals surface area contributed by atoms with E-state index in [2.05, 4.69) is 18.7 Å². The molecule has 4 rings (SSSR count). The summed E-state index contributed by atoms with van der Waals surface area (Å²) < 4.78 is 34.4.